The fraction of sp³-hybridized carbons (Fsp3) is 1.00. The Morgan fingerprint density at radius 2 is 1.17 bits per heavy atom. The van der Waals surface area contributed by atoms with E-state index in [2.05, 4.69) is 23.1 Å². The molecule has 0 aromatic rings. The molecule has 0 aliphatic rings. The van der Waals surface area contributed by atoms with Gasteiger partial charge in [-0.2, -0.15) is 0 Å². The largest absolute Gasteiger partial charge is 0.135 e. The first-order chi connectivity index (χ1) is 2.73. The Morgan fingerprint density at radius 3 is 1.17 bits per heavy atom. The molecule has 0 heterocycles. The highest BCUT2D eigenvalue weighted by Gasteiger charge is 1.68. The van der Waals surface area contributed by atoms with Gasteiger partial charge in [-0.3, -0.25) is 0 Å². The van der Waals surface area contributed by atoms with E-state index in [0.29, 0.717) is 0 Å². The van der Waals surface area contributed by atoms with Crippen molar-refractivity contribution in [1.82, 2.24) is 0 Å². The van der Waals surface area contributed by atoms with Gasteiger partial charge < -0.3 is 0 Å². The third-order valence-electron chi connectivity index (χ3n) is 0. The van der Waals surface area contributed by atoms with Crippen LogP contribution in [0.25, 0.3) is 0 Å². The number of rotatable bonds is 0. The van der Waals surface area contributed by atoms with Crippen molar-refractivity contribution >= 4 is 9.24 Å². The molecule has 1 heteroatoms. The molecule has 0 saturated heterocycles. The van der Waals surface area contributed by atoms with Crippen molar-refractivity contribution in [3.8, 4) is 0 Å². The summed E-state index contributed by atoms with van der Waals surface area (Å²) >= 11 is 0. The van der Waals surface area contributed by atoms with Crippen molar-refractivity contribution in [3.63, 3.8) is 0 Å². The Balaban J connectivity index is 0. The lowest BCUT2D eigenvalue weighted by Crippen LogP contribution is -1.69. The molecule has 0 saturated carbocycles. The Morgan fingerprint density at radius 1 is 1.17 bits per heavy atom. The van der Waals surface area contributed by atoms with Gasteiger partial charge in [0.1, 0.15) is 0 Å². The zero-order chi connectivity index (χ0) is 5.58. The molecule has 0 spiro atoms. The van der Waals surface area contributed by atoms with E-state index in [0.717, 1.165) is 5.66 Å². The molecule has 0 amide bonds. The van der Waals surface area contributed by atoms with E-state index in [1.807, 2.05) is 13.8 Å². The lowest BCUT2D eigenvalue weighted by Gasteiger charge is -1.79. The second-order valence-electron chi connectivity index (χ2n) is 1.24. The Labute approximate surface area is 43.5 Å². The zero-order valence-corrected chi connectivity index (χ0v) is 6.31. The molecule has 0 rings (SSSR count). The van der Waals surface area contributed by atoms with Crippen LogP contribution in [0.15, 0.2) is 0 Å². The van der Waals surface area contributed by atoms with Crippen molar-refractivity contribution in [1.29, 1.82) is 0 Å². The topological polar surface area (TPSA) is 0 Å². The number of hydrogen-bond acceptors (Lipinski definition) is 0. The molecule has 0 fully saturated rings. The van der Waals surface area contributed by atoms with Crippen LogP contribution in [0.1, 0.15) is 27.7 Å². The highest BCUT2D eigenvalue weighted by Crippen LogP contribution is 1.90. The summed E-state index contributed by atoms with van der Waals surface area (Å²) in [5.41, 5.74) is 0.750. The molecule has 1 atom stereocenters. The summed E-state index contributed by atoms with van der Waals surface area (Å²) in [7, 11) is 2.66. The molecule has 0 aliphatic heterocycles. The maximum Gasteiger partial charge on any atom is -0.0321 e. The van der Waals surface area contributed by atoms with E-state index >= 15 is 0 Å². The van der Waals surface area contributed by atoms with Crippen molar-refractivity contribution in [2.45, 2.75) is 33.4 Å². The Hall–Kier alpha value is 0.430. The van der Waals surface area contributed by atoms with Gasteiger partial charge in [0.15, 0.2) is 0 Å². The second kappa shape index (κ2) is 9.06. The third kappa shape index (κ3) is 282. The third-order valence-corrected chi connectivity index (χ3v) is 0. The van der Waals surface area contributed by atoms with Crippen LogP contribution in [0.3, 0.4) is 0 Å². The van der Waals surface area contributed by atoms with Gasteiger partial charge in [0.25, 0.3) is 0 Å². The van der Waals surface area contributed by atoms with E-state index in [9.17, 15) is 0 Å². The molecular formula is C5H15P. The molecule has 0 aromatic carbocycles. The van der Waals surface area contributed by atoms with Gasteiger partial charge in [0, 0.05) is 0 Å². The van der Waals surface area contributed by atoms with E-state index in [1.54, 1.807) is 0 Å². The molecular weight excluding hydrogens is 91.0 g/mol. The zero-order valence-electron chi connectivity index (χ0n) is 5.15. The Kier molecular flexibility index (Phi) is 14.6. The van der Waals surface area contributed by atoms with Crippen molar-refractivity contribution < 1.29 is 0 Å². The van der Waals surface area contributed by atoms with Crippen LogP contribution in [0.5, 0.6) is 0 Å². The Bertz CT molecular complexity index is 8.66. The molecule has 6 heavy (non-hydrogen) atoms. The van der Waals surface area contributed by atoms with Gasteiger partial charge in [-0.1, -0.05) is 27.7 Å². The average molecular weight is 106 g/mol. The predicted molar refractivity (Wildman–Crippen MR) is 36.2 cm³/mol. The monoisotopic (exact) mass is 106 g/mol. The van der Waals surface area contributed by atoms with Gasteiger partial charge in [0.05, 0.1) is 0 Å². The molecule has 0 radical (unpaired) electrons. The van der Waals surface area contributed by atoms with Crippen LogP contribution in [0.2, 0.25) is 0 Å². The minimum absolute atomic E-state index is 0.750. The first-order valence-electron chi connectivity index (χ1n) is 2.49. The van der Waals surface area contributed by atoms with Gasteiger partial charge in [-0.15, -0.1) is 9.24 Å². The summed E-state index contributed by atoms with van der Waals surface area (Å²) in [6.07, 6.45) is 0. The predicted octanol–water partition coefficient (Wildman–Crippen LogP) is 2.30. The molecule has 0 aliphatic carbocycles. The van der Waals surface area contributed by atoms with Crippen molar-refractivity contribution in [3.05, 3.63) is 0 Å². The maximum atomic E-state index is 2.66. The fourth-order valence-corrected chi connectivity index (χ4v) is 0. The smallest absolute Gasteiger partial charge is 0.0321 e. The summed E-state index contributed by atoms with van der Waals surface area (Å²) in [4.78, 5) is 0. The summed E-state index contributed by atoms with van der Waals surface area (Å²) in [5, 5.41) is 0. The van der Waals surface area contributed by atoms with E-state index in [4.69, 9.17) is 0 Å². The first-order valence-corrected chi connectivity index (χ1v) is 3.15. The van der Waals surface area contributed by atoms with Crippen LogP contribution in [-0.2, 0) is 0 Å². The lowest BCUT2D eigenvalue weighted by molar-refractivity contribution is 1.12. The molecule has 0 N–H and O–H groups in total. The molecule has 1 unspecified atom stereocenters. The van der Waals surface area contributed by atoms with Crippen LogP contribution >= 0.6 is 9.24 Å². The summed E-state index contributed by atoms with van der Waals surface area (Å²) < 4.78 is 0. The van der Waals surface area contributed by atoms with Gasteiger partial charge in [0.2, 0.25) is 0 Å². The van der Waals surface area contributed by atoms with E-state index in [-0.39, 0.29) is 0 Å². The summed E-state index contributed by atoms with van der Waals surface area (Å²) in [6, 6.07) is 0. The van der Waals surface area contributed by atoms with Crippen LogP contribution < -0.4 is 0 Å². The standard InChI is InChI=1S/C3H9P.C2H6/c1-3(2)4;1-2/h3H,4H2,1-2H3;1-2H3. The van der Waals surface area contributed by atoms with Crippen molar-refractivity contribution in [2.75, 3.05) is 0 Å². The quantitative estimate of drug-likeness (QED) is 0.415. The van der Waals surface area contributed by atoms with E-state index in [1.165, 1.54) is 0 Å². The highest BCUT2D eigenvalue weighted by molar-refractivity contribution is 7.17. The van der Waals surface area contributed by atoms with Crippen LogP contribution in [0.4, 0.5) is 0 Å². The molecule has 0 bridgehead atoms. The minimum Gasteiger partial charge on any atom is -0.135 e. The normalized spacial score (nSPS) is 7.00. The first kappa shape index (κ1) is 9.66. The average Bonchev–Trinajstić information content (AvgIpc) is 1.41. The van der Waals surface area contributed by atoms with Crippen LogP contribution in [-0.4, -0.2) is 5.66 Å². The van der Waals surface area contributed by atoms with Crippen LogP contribution in [0, 0.1) is 0 Å². The van der Waals surface area contributed by atoms with Gasteiger partial charge >= 0.3 is 0 Å². The minimum atomic E-state index is 0.750. The molecule has 0 aromatic heterocycles. The number of hydrogen-bond donors (Lipinski definition) is 0. The fourth-order valence-electron chi connectivity index (χ4n) is 0. The summed E-state index contributed by atoms with van der Waals surface area (Å²) in [6.45, 7) is 8.26. The van der Waals surface area contributed by atoms with Gasteiger partial charge in [-0.05, 0) is 5.66 Å². The molecule has 0 nitrogen and oxygen atoms in total. The summed E-state index contributed by atoms with van der Waals surface area (Å²) in [5.74, 6) is 0. The lowest BCUT2D eigenvalue weighted by atomic mass is 10.6. The van der Waals surface area contributed by atoms with Crippen molar-refractivity contribution in [2.24, 2.45) is 0 Å². The van der Waals surface area contributed by atoms with E-state index < -0.39 is 0 Å². The molecule has 40 valence electrons. The SMILES string of the molecule is CC.CC(C)P. The highest BCUT2D eigenvalue weighted by atomic mass is 31.0. The second-order valence-corrected chi connectivity index (χ2v) is 2.58. The maximum absolute atomic E-state index is 2.66. The van der Waals surface area contributed by atoms with Gasteiger partial charge in [-0.25, -0.2) is 0 Å².